The largest absolute Gasteiger partial charge is 0.416 e. The van der Waals surface area contributed by atoms with Crippen molar-refractivity contribution in [1.29, 1.82) is 0 Å². The normalized spacial score (nSPS) is 17.6. The van der Waals surface area contributed by atoms with Crippen molar-refractivity contribution in [2.45, 2.75) is 44.7 Å². The smallest absolute Gasteiger partial charge is 0.357 e. The summed E-state index contributed by atoms with van der Waals surface area (Å²) in [6.45, 7) is 8.73. The van der Waals surface area contributed by atoms with Crippen LogP contribution in [0.2, 0.25) is 0 Å². The summed E-state index contributed by atoms with van der Waals surface area (Å²) in [6, 6.07) is 5.55. The fourth-order valence-electron chi connectivity index (χ4n) is 3.78. The van der Waals surface area contributed by atoms with E-state index in [-0.39, 0.29) is 24.0 Å². The first kappa shape index (κ1) is 25.5. The summed E-state index contributed by atoms with van der Waals surface area (Å²) in [4.78, 5) is 7.02. The maximum absolute atomic E-state index is 13.1. The lowest BCUT2D eigenvalue weighted by atomic mass is 9.84. The Bertz CT molecular complexity index is 891. The molecule has 1 aliphatic heterocycles. The van der Waals surface area contributed by atoms with E-state index in [4.69, 9.17) is 4.99 Å². The van der Waals surface area contributed by atoms with Gasteiger partial charge in [0, 0.05) is 44.2 Å². The van der Waals surface area contributed by atoms with Gasteiger partial charge in [-0.1, -0.05) is 32.0 Å². The number of alkyl halides is 3. The zero-order valence-electron chi connectivity index (χ0n) is 18.4. The van der Waals surface area contributed by atoms with Crippen molar-refractivity contribution < 1.29 is 13.2 Å². The average molecular weight is 549 g/mol. The fourth-order valence-corrected chi connectivity index (χ4v) is 3.78. The predicted molar refractivity (Wildman–Crippen MR) is 128 cm³/mol. The average Bonchev–Trinajstić information content (AvgIpc) is 3.33. The minimum absolute atomic E-state index is 0. The number of nitrogens with zero attached hydrogens (tertiary/aromatic N) is 4. The van der Waals surface area contributed by atoms with Gasteiger partial charge in [-0.15, -0.1) is 24.0 Å². The van der Waals surface area contributed by atoms with Crippen LogP contribution in [0.1, 0.15) is 49.8 Å². The van der Waals surface area contributed by atoms with Gasteiger partial charge < -0.3 is 10.2 Å². The van der Waals surface area contributed by atoms with Crippen molar-refractivity contribution in [3.05, 3.63) is 53.3 Å². The highest BCUT2D eigenvalue weighted by molar-refractivity contribution is 14.0. The molecule has 0 aliphatic carbocycles. The van der Waals surface area contributed by atoms with Crippen LogP contribution in [0, 0.1) is 0 Å². The van der Waals surface area contributed by atoms with Gasteiger partial charge in [0.25, 0.3) is 0 Å². The Hall–Kier alpha value is -1.78. The van der Waals surface area contributed by atoms with Crippen LogP contribution in [0.5, 0.6) is 0 Å². The molecule has 1 fully saturated rings. The van der Waals surface area contributed by atoms with Gasteiger partial charge in [-0.05, 0) is 30.5 Å². The first-order chi connectivity index (χ1) is 14.1. The topological polar surface area (TPSA) is 45.5 Å². The molecule has 2 heterocycles. The van der Waals surface area contributed by atoms with Crippen LogP contribution in [0.4, 0.5) is 13.2 Å². The summed E-state index contributed by atoms with van der Waals surface area (Å²) in [7, 11) is 1.91. The van der Waals surface area contributed by atoms with Crippen molar-refractivity contribution in [3.63, 3.8) is 0 Å². The second-order valence-corrected chi connectivity index (χ2v) is 8.51. The maximum atomic E-state index is 13.1. The second kappa shape index (κ2) is 10.2. The highest BCUT2D eigenvalue weighted by atomic mass is 127. The van der Waals surface area contributed by atoms with Gasteiger partial charge in [-0.2, -0.15) is 18.3 Å². The Labute approximate surface area is 199 Å². The molecule has 1 aromatic heterocycles. The second-order valence-electron chi connectivity index (χ2n) is 8.51. The van der Waals surface area contributed by atoms with Crippen LogP contribution in [0.3, 0.4) is 0 Å². The van der Waals surface area contributed by atoms with E-state index in [2.05, 4.69) is 21.5 Å². The number of rotatable bonds is 5. The van der Waals surface area contributed by atoms with Crippen molar-refractivity contribution in [1.82, 2.24) is 20.0 Å². The molecule has 3 rings (SSSR count). The quantitative estimate of drug-likeness (QED) is 0.332. The van der Waals surface area contributed by atoms with E-state index >= 15 is 0 Å². The molecule has 1 saturated heterocycles. The molecule has 1 atom stereocenters. The number of hydrogen-bond acceptors (Lipinski definition) is 2. The van der Waals surface area contributed by atoms with E-state index in [0.717, 1.165) is 38.1 Å². The number of aromatic nitrogens is 2. The Morgan fingerprint density at radius 1 is 1.26 bits per heavy atom. The molecule has 1 unspecified atom stereocenters. The van der Waals surface area contributed by atoms with Gasteiger partial charge in [-0.3, -0.25) is 9.67 Å². The predicted octanol–water partition coefficient (Wildman–Crippen LogP) is 4.79. The van der Waals surface area contributed by atoms with E-state index < -0.39 is 17.2 Å². The third kappa shape index (κ3) is 6.36. The van der Waals surface area contributed by atoms with Gasteiger partial charge in [-0.25, -0.2) is 0 Å². The van der Waals surface area contributed by atoms with Gasteiger partial charge in [0.2, 0.25) is 0 Å². The molecular formula is C22H31F3IN5. The fraction of sp³-hybridized carbons (Fsp3) is 0.545. The molecule has 9 heteroatoms. The van der Waals surface area contributed by atoms with E-state index in [1.807, 2.05) is 38.7 Å². The number of halogens is 4. The SMILES string of the molecule is CCNC(=NCC(C)(C)c1cccc(C(F)(F)F)c1)N1CCC(c2cnn(C)c2)C1.I. The molecule has 0 spiro atoms. The molecule has 1 aliphatic rings. The minimum atomic E-state index is -4.35. The first-order valence-electron chi connectivity index (χ1n) is 10.3. The molecule has 0 bridgehead atoms. The van der Waals surface area contributed by atoms with Crippen molar-refractivity contribution in [2.75, 3.05) is 26.2 Å². The molecule has 0 radical (unpaired) electrons. The highest BCUT2D eigenvalue weighted by Gasteiger charge is 2.32. The van der Waals surface area contributed by atoms with E-state index in [1.165, 1.54) is 17.7 Å². The van der Waals surface area contributed by atoms with E-state index in [1.54, 1.807) is 6.07 Å². The van der Waals surface area contributed by atoms with Gasteiger partial charge in [0.05, 0.1) is 18.3 Å². The standard InChI is InChI=1S/C22H30F3N5.HI/c1-5-26-20(30-10-9-16(14-30)17-12-28-29(4)13-17)27-15-21(2,3)18-7-6-8-19(11-18)22(23,24)25;/h6-8,11-13,16H,5,9-10,14-15H2,1-4H3,(H,26,27);1H. The number of guanidine groups is 1. The first-order valence-corrected chi connectivity index (χ1v) is 10.3. The molecule has 31 heavy (non-hydrogen) atoms. The minimum Gasteiger partial charge on any atom is -0.357 e. The molecule has 172 valence electrons. The Balaban J connectivity index is 0.00000341. The van der Waals surface area contributed by atoms with E-state index in [9.17, 15) is 13.2 Å². The van der Waals surface area contributed by atoms with Crippen LogP contribution in [-0.2, 0) is 18.6 Å². The van der Waals surface area contributed by atoms with Gasteiger partial charge in [0.15, 0.2) is 5.96 Å². The molecule has 0 saturated carbocycles. The number of aryl methyl sites for hydroxylation is 1. The van der Waals surface area contributed by atoms with Gasteiger partial charge in [0.1, 0.15) is 0 Å². The zero-order valence-corrected chi connectivity index (χ0v) is 20.7. The number of benzene rings is 1. The summed E-state index contributed by atoms with van der Waals surface area (Å²) in [5.41, 5.74) is 0.708. The number of likely N-dealkylation sites (tertiary alicyclic amines) is 1. The number of aliphatic imine (C=N–C) groups is 1. The molecular weight excluding hydrogens is 518 g/mol. The molecule has 5 nitrogen and oxygen atoms in total. The van der Waals surface area contributed by atoms with Gasteiger partial charge >= 0.3 is 6.18 Å². The Morgan fingerprint density at radius 2 is 1.97 bits per heavy atom. The third-order valence-electron chi connectivity index (χ3n) is 5.61. The zero-order chi connectivity index (χ0) is 21.9. The lowest BCUT2D eigenvalue weighted by molar-refractivity contribution is -0.137. The number of nitrogens with one attached hydrogen (secondary N) is 1. The molecule has 1 aromatic carbocycles. The van der Waals surface area contributed by atoms with Crippen LogP contribution >= 0.6 is 24.0 Å². The van der Waals surface area contributed by atoms with Crippen molar-refractivity contribution >= 4 is 29.9 Å². The van der Waals surface area contributed by atoms with Crippen LogP contribution in [-0.4, -0.2) is 46.8 Å². The van der Waals surface area contributed by atoms with Crippen LogP contribution < -0.4 is 5.32 Å². The highest BCUT2D eigenvalue weighted by Crippen LogP contribution is 2.33. The van der Waals surface area contributed by atoms with Crippen molar-refractivity contribution in [3.8, 4) is 0 Å². The molecule has 0 amide bonds. The maximum Gasteiger partial charge on any atom is 0.416 e. The van der Waals surface area contributed by atoms with Crippen molar-refractivity contribution in [2.24, 2.45) is 12.0 Å². The summed E-state index contributed by atoms with van der Waals surface area (Å²) in [6.07, 6.45) is 0.637. The lowest BCUT2D eigenvalue weighted by Crippen LogP contribution is -2.41. The monoisotopic (exact) mass is 549 g/mol. The molecule has 2 aromatic rings. The van der Waals surface area contributed by atoms with Crippen LogP contribution in [0.25, 0.3) is 0 Å². The lowest BCUT2D eigenvalue weighted by Gasteiger charge is -2.27. The van der Waals surface area contributed by atoms with Crippen LogP contribution in [0.15, 0.2) is 41.7 Å². The Kier molecular flexibility index (Phi) is 8.40. The third-order valence-corrected chi connectivity index (χ3v) is 5.61. The van der Waals surface area contributed by atoms with E-state index in [0.29, 0.717) is 18.0 Å². The summed E-state index contributed by atoms with van der Waals surface area (Å²) in [5, 5.41) is 7.60. The Morgan fingerprint density at radius 3 is 2.58 bits per heavy atom. The summed E-state index contributed by atoms with van der Waals surface area (Å²) >= 11 is 0. The number of hydrogen-bond donors (Lipinski definition) is 1. The molecule has 1 N–H and O–H groups in total. The summed E-state index contributed by atoms with van der Waals surface area (Å²) < 4.78 is 41.1. The summed E-state index contributed by atoms with van der Waals surface area (Å²) in [5.74, 6) is 1.21.